The Bertz CT molecular complexity index is 267. The second kappa shape index (κ2) is 9.25. The second-order valence-corrected chi connectivity index (χ2v) is 3.06. The Hall–Kier alpha value is -1.31. The SMILES string of the molecule is CC.CC1=NOCC1.Cc1ccccc1. The molecule has 0 amide bonds. The lowest BCUT2D eigenvalue weighted by atomic mass is 10.2. The van der Waals surface area contributed by atoms with E-state index < -0.39 is 0 Å². The maximum absolute atomic E-state index is 4.64. The number of oxime groups is 1. The molecule has 0 aromatic heterocycles. The molecule has 0 spiro atoms. The number of nitrogens with zero attached hydrogens (tertiary/aromatic N) is 1. The fourth-order valence-electron chi connectivity index (χ4n) is 0.929. The first-order valence-corrected chi connectivity index (χ1v) is 5.46. The average molecular weight is 207 g/mol. The molecule has 0 aliphatic carbocycles. The minimum Gasteiger partial charge on any atom is -0.395 e. The Morgan fingerprint density at radius 1 is 1.07 bits per heavy atom. The summed E-state index contributed by atoms with van der Waals surface area (Å²) >= 11 is 0. The van der Waals surface area contributed by atoms with E-state index in [2.05, 4.69) is 29.0 Å². The predicted molar refractivity (Wildman–Crippen MR) is 66.2 cm³/mol. The largest absolute Gasteiger partial charge is 0.395 e. The van der Waals surface area contributed by atoms with Crippen molar-refractivity contribution in [2.45, 2.75) is 34.1 Å². The molecule has 2 rings (SSSR count). The van der Waals surface area contributed by atoms with Crippen LogP contribution in [0.5, 0.6) is 0 Å². The first kappa shape index (κ1) is 13.7. The lowest BCUT2D eigenvalue weighted by Crippen LogP contribution is -1.82. The molecule has 0 atom stereocenters. The lowest BCUT2D eigenvalue weighted by Gasteiger charge is -1.82. The summed E-state index contributed by atoms with van der Waals surface area (Å²) in [6.45, 7) is 8.83. The van der Waals surface area contributed by atoms with Crippen molar-refractivity contribution in [2.24, 2.45) is 5.16 Å². The Labute approximate surface area is 93.0 Å². The summed E-state index contributed by atoms with van der Waals surface area (Å²) in [7, 11) is 0. The molecule has 0 N–H and O–H groups in total. The molecule has 1 aromatic carbocycles. The molecule has 0 radical (unpaired) electrons. The Morgan fingerprint density at radius 3 is 1.87 bits per heavy atom. The summed E-state index contributed by atoms with van der Waals surface area (Å²) in [5, 5.41) is 3.65. The summed E-state index contributed by atoms with van der Waals surface area (Å²) in [4.78, 5) is 4.64. The molecular weight excluding hydrogens is 186 g/mol. The molecule has 0 bridgehead atoms. The monoisotopic (exact) mass is 207 g/mol. The molecule has 84 valence electrons. The lowest BCUT2D eigenvalue weighted by molar-refractivity contribution is 0.173. The van der Waals surface area contributed by atoms with Gasteiger partial charge in [-0.15, -0.1) is 0 Å². The van der Waals surface area contributed by atoms with Crippen LogP contribution in [-0.4, -0.2) is 12.3 Å². The molecule has 1 aliphatic rings. The maximum atomic E-state index is 4.64. The van der Waals surface area contributed by atoms with Gasteiger partial charge < -0.3 is 4.84 Å². The van der Waals surface area contributed by atoms with Crippen LogP contribution in [0.2, 0.25) is 0 Å². The van der Waals surface area contributed by atoms with Crippen LogP contribution in [0.15, 0.2) is 35.5 Å². The highest BCUT2D eigenvalue weighted by molar-refractivity contribution is 5.82. The minimum absolute atomic E-state index is 0.784. The van der Waals surface area contributed by atoms with Gasteiger partial charge in [0.05, 0.1) is 5.71 Å². The molecule has 1 aromatic rings. The summed E-state index contributed by atoms with van der Waals surface area (Å²) in [5.41, 5.74) is 2.43. The van der Waals surface area contributed by atoms with Crippen LogP contribution in [-0.2, 0) is 4.84 Å². The van der Waals surface area contributed by atoms with Crippen molar-refractivity contribution in [3.05, 3.63) is 35.9 Å². The van der Waals surface area contributed by atoms with Crippen molar-refractivity contribution in [3.8, 4) is 0 Å². The number of hydrogen-bond acceptors (Lipinski definition) is 2. The smallest absolute Gasteiger partial charge is 0.122 e. The van der Waals surface area contributed by atoms with E-state index in [-0.39, 0.29) is 0 Å². The molecule has 2 heteroatoms. The zero-order chi connectivity index (χ0) is 11.5. The van der Waals surface area contributed by atoms with Gasteiger partial charge in [-0.1, -0.05) is 54.9 Å². The molecule has 2 nitrogen and oxygen atoms in total. The van der Waals surface area contributed by atoms with Crippen LogP contribution >= 0.6 is 0 Å². The van der Waals surface area contributed by atoms with E-state index in [0.717, 1.165) is 18.7 Å². The van der Waals surface area contributed by atoms with Crippen LogP contribution in [0.4, 0.5) is 0 Å². The third-order valence-electron chi connectivity index (χ3n) is 1.72. The van der Waals surface area contributed by atoms with E-state index in [1.807, 2.05) is 39.0 Å². The van der Waals surface area contributed by atoms with Gasteiger partial charge in [-0.25, -0.2) is 0 Å². The van der Waals surface area contributed by atoms with Crippen molar-refractivity contribution < 1.29 is 4.84 Å². The number of hydrogen-bond donors (Lipinski definition) is 0. The van der Waals surface area contributed by atoms with E-state index in [1.165, 1.54) is 5.56 Å². The summed E-state index contributed by atoms with van der Waals surface area (Å²) in [5.74, 6) is 0. The van der Waals surface area contributed by atoms with Gasteiger partial charge in [-0.3, -0.25) is 0 Å². The summed E-state index contributed by atoms with van der Waals surface area (Å²) in [6.07, 6.45) is 1.01. The third kappa shape index (κ3) is 7.74. The summed E-state index contributed by atoms with van der Waals surface area (Å²) < 4.78 is 0. The van der Waals surface area contributed by atoms with Gasteiger partial charge in [0.2, 0.25) is 0 Å². The Kier molecular flexibility index (Phi) is 8.44. The van der Waals surface area contributed by atoms with E-state index in [0.29, 0.717) is 0 Å². The standard InChI is InChI=1S/C7H8.C4H7NO.C2H6/c1-7-5-3-2-4-6-7;1-4-2-3-6-5-4;1-2/h2-6H,1H3;2-3H2,1H3;1-2H3. The van der Waals surface area contributed by atoms with Gasteiger partial charge in [0.1, 0.15) is 6.61 Å². The minimum atomic E-state index is 0.784. The molecule has 0 saturated heterocycles. The quantitative estimate of drug-likeness (QED) is 0.634. The third-order valence-corrected chi connectivity index (χ3v) is 1.72. The molecule has 1 aliphatic heterocycles. The normalized spacial score (nSPS) is 12.4. The second-order valence-electron chi connectivity index (χ2n) is 3.06. The van der Waals surface area contributed by atoms with E-state index >= 15 is 0 Å². The Balaban J connectivity index is 0.000000227. The fraction of sp³-hybridized carbons (Fsp3) is 0.462. The molecular formula is C13H21NO. The molecule has 1 heterocycles. The molecule has 15 heavy (non-hydrogen) atoms. The highest BCUT2D eigenvalue weighted by Crippen LogP contribution is 1.96. The number of benzene rings is 1. The van der Waals surface area contributed by atoms with Gasteiger partial charge >= 0.3 is 0 Å². The zero-order valence-corrected chi connectivity index (χ0v) is 10.2. The van der Waals surface area contributed by atoms with Gasteiger partial charge in [0.25, 0.3) is 0 Å². The van der Waals surface area contributed by atoms with Crippen LogP contribution in [0.1, 0.15) is 32.8 Å². The van der Waals surface area contributed by atoms with Crippen molar-refractivity contribution in [3.63, 3.8) is 0 Å². The van der Waals surface area contributed by atoms with Crippen molar-refractivity contribution in [1.29, 1.82) is 0 Å². The van der Waals surface area contributed by atoms with Crippen LogP contribution in [0, 0.1) is 6.92 Å². The maximum Gasteiger partial charge on any atom is 0.122 e. The van der Waals surface area contributed by atoms with E-state index in [4.69, 9.17) is 0 Å². The van der Waals surface area contributed by atoms with Gasteiger partial charge in [0, 0.05) is 6.42 Å². The predicted octanol–water partition coefficient (Wildman–Crippen LogP) is 3.80. The first-order valence-electron chi connectivity index (χ1n) is 5.46. The van der Waals surface area contributed by atoms with Gasteiger partial charge in [-0.2, -0.15) is 0 Å². The van der Waals surface area contributed by atoms with Gasteiger partial charge in [-0.05, 0) is 13.8 Å². The molecule has 0 unspecified atom stereocenters. The topological polar surface area (TPSA) is 21.6 Å². The molecule has 0 fully saturated rings. The van der Waals surface area contributed by atoms with E-state index in [9.17, 15) is 0 Å². The number of aryl methyl sites for hydroxylation is 1. The highest BCUT2D eigenvalue weighted by Gasteiger charge is 1.98. The fourth-order valence-corrected chi connectivity index (χ4v) is 0.929. The average Bonchev–Trinajstić information content (AvgIpc) is 2.74. The highest BCUT2D eigenvalue weighted by atomic mass is 16.6. The van der Waals surface area contributed by atoms with Crippen LogP contribution in [0.25, 0.3) is 0 Å². The van der Waals surface area contributed by atoms with E-state index in [1.54, 1.807) is 0 Å². The summed E-state index contributed by atoms with van der Waals surface area (Å²) in [6, 6.07) is 10.3. The zero-order valence-electron chi connectivity index (χ0n) is 10.2. The van der Waals surface area contributed by atoms with Crippen molar-refractivity contribution >= 4 is 5.71 Å². The first-order chi connectivity index (χ1) is 7.29. The molecule has 0 saturated carbocycles. The van der Waals surface area contributed by atoms with Gasteiger partial charge in [0.15, 0.2) is 0 Å². The van der Waals surface area contributed by atoms with Crippen molar-refractivity contribution in [2.75, 3.05) is 6.61 Å². The van der Waals surface area contributed by atoms with Crippen LogP contribution in [0.3, 0.4) is 0 Å². The Morgan fingerprint density at radius 2 is 1.67 bits per heavy atom. The number of rotatable bonds is 0. The van der Waals surface area contributed by atoms with Crippen molar-refractivity contribution in [1.82, 2.24) is 0 Å². The van der Waals surface area contributed by atoms with Crippen LogP contribution < -0.4 is 0 Å².